The fourth-order valence-electron chi connectivity index (χ4n) is 2.15. The van der Waals surface area contributed by atoms with Gasteiger partial charge >= 0.3 is 0 Å². The molecule has 0 spiro atoms. The molecule has 0 aromatic carbocycles. The van der Waals surface area contributed by atoms with Crippen LogP contribution in [-0.2, 0) is 4.79 Å². The Hall–Kier alpha value is -1.85. The number of anilines is 1. The Kier molecular flexibility index (Phi) is 4.94. The van der Waals surface area contributed by atoms with Crippen molar-refractivity contribution in [2.75, 3.05) is 32.1 Å². The normalized spacial score (nSPS) is 15.1. The van der Waals surface area contributed by atoms with E-state index in [1.165, 1.54) is 12.7 Å². The molecule has 1 aromatic rings. The van der Waals surface area contributed by atoms with Crippen molar-refractivity contribution in [1.82, 2.24) is 14.9 Å². The summed E-state index contributed by atoms with van der Waals surface area (Å²) in [5, 5.41) is 3.11. The Morgan fingerprint density at radius 1 is 1.37 bits per heavy atom. The number of likely N-dealkylation sites (tertiary alicyclic amines) is 1. The highest BCUT2D eigenvalue weighted by molar-refractivity contribution is 5.76. The first-order chi connectivity index (χ1) is 9.29. The Bertz CT molecular complexity index is 419. The standard InChI is InChI=1S/C13H20N4O2/c1-19-12-9-11(15-10-16-12)14-6-5-13(18)17-7-3-2-4-8-17/h9-10H,2-8H2,1H3,(H,14,15,16). The maximum Gasteiger partial charge on any atom is 0.224 e. The van der Waals surface area contributed by atoms with Crippen LogP contribution in [0.15, 0.2) is 12.4 Å². The summed E-state index contributed by atoms with van der Waals surface area (Å²) in [6.07, 6.45) is 5.42. The molecule has 1 aliphatic heterocycles. The quantitative estimate of drug-likeness (QED) is 0.868. The molecular formula is C13H20N4O2. The molecule has 104 valence electrons. The molecule has 0 atom stereocenters. The van der Waals surface area contributed by atoms with Crippen molar-refractivity contribution in [2.45, 2.75) is 25.7 Å². The number of nitrogens with one attached hydrogen (secondary N) is 1. The fourth-order valence-corrected chi connectivity index (χ4v) is 2.15. The van der Waals surface area contributed by atoms with Crippen LogP contribution in [0.2, 0.25) is 0 Å². The first kappa shape index (κ1) is 13.6. The average Bonchev–Trinajstić information content (AvgIpc) is 2.48. The first-order valence-corrected chi connectivity index (χ1v) is 6.67. The van der Waals surface area contributed by atoms with E-state index >= 15 is 0 Å². The van der Waals surface area contributed by atoms with Crippen molar-refractivity contribution in [1.29, 1.82) is 0 Å². The minimum Gasteiger partial charge on any atom is -0.481 e. The van der Waals surface area contributed by atoms with Gasteiger partial charge in [-0.2, -0.15) is 0 Å². The number of methoxy groups -OCH3 is 1. The van der Waals surface area contributed by atoms with Crippen LogP contribution in [0.5, 0.6) is 5.88 Å². The zero-order chi connectivity index (χ0) is 13.5. The maximum atomic E-state index is 11.9. The predicted octanol–water partition coefficient (Wildman–Crippen LogP) is 1.30. The lowest BCUT2D eigenvalue weighted by Gasteiger charge is -2.26. The number of nitrogens with zero attached hydrogens (tertiary/aromatic N) is 3. The summed E-state index contributed by atoms with van der Waals surface area (Å²) in [5.74, 6) is 1.41. The molecule has 6 heteroatoms. The number of aromatic nitrogens is 2. The molecule has 1 aliphatic rings. The Morgan fingerprint density at radius 3 is 2.89 bits per heavy atom. The van der Waals surface area contributed by atoms with Crippen LogP contribution in [0.4, 0.5) is 5.82 Å². The molecule has 1 fully saturated rings. The number of carbonyl (C=O) groups is 1. The monoisotopic (exact) mass is 264 g/mol. The third-order valence-corrected chi connectivity index (χ3v) is 3.20. The Balaban J connectivity index is 1.74. The second-order valence-electron chi connectivity index (χ2n) is 4.56. The summed E-state index contributed by atoms with van der Waals surface area (Å²) in [4.78, 5) is 21.9. The van der Waals surface area contributed by atoms with Gasteiger partial charge in [0.1, 0.15) is 12.1 Å². The largest absolute Gasteiger partial charge is 0.481 e. The van der Waals surface area contributed by atoms with Gasteiger partial charge in [0, 0.05) is 32.1 Å². The van der Waals surface area contributed by atoms with Gasteiger partial charge in [-0.15, -0.1) is 0 Å². The lowest BCUT2D eigenvalue weighted by atomic mass is 10.1. The number of piperidine rings is 1. The van der Waals surface area contributed by atoms with Crippen molar-refractivity contribution in [3.05, 3.63) is 12.4 Å². The van der Waals surface area contributed by atoms with Gasteiger partial charge < -0.3 is 15.0 Å². The molecule has 19 heavy (non-hydrogen) atoms. The van der Waals surface area contributed by atoms with Gasteiger partial charge in [-0.3, -0.25) is 4.79 Å². The van der Waals surface area contributed by atoms with Crippen molar-refractivity contribution < 1.29 is 9.53 Å². The molecular weight excluding hydrogens is 244 g/mol. The van der Waals surface area contributed by atoms with Gasteiger partial charge in [-0.1, -0.05) is 0 Å². The van der Waals surface area contributed by atoms with Gasteiger partial charge in [-0.25, -0.2) is 9.97 Å². The average molecular weight is 264 g/mol. The molecule has 1 amide bonds. The number of ether oxygens (including phenoxy) is 1. The van der Waals surface area contributed by atoms with Crippen LogP contribution in [0.25, 0.3) is 0 Å². The molecule has 0 saturated carbocycles. The van der Waals surface area contributed by atoms with Gasteiger partial charge in [-0.05, 0) is 19.3 Å². The summed E-state index contributed by atoms with van der Waals surface area (Å²) in [5.41, 5.74) is 0. The Morgan fingerprint density at radius 2 is 2.16 bits per heavy atom. The van der Waals surface area contributed by atoms with Crippen LogP contribution in [0.1, 0.15) is 25.7 Å². The van der Waals surface area contributed by atoms with E-state index < -0.39 is 0 Å². The molecule has 1 aromatic heterocycles. The topological polar surface area (TPSA) is 67.3 Å². The van der Waals surface area contributed by atoms with Crippen LogP contribution >= 0.6 is 0 Å². The van der Waals surface area contributed by atoms with Gasteiger partial charge in [0.15, 0.2) is 0 Å². The van der Waals surface area contributed by atoms with Crippen LogP contribution < -0.4 is 10.1 Å². The first-order valence-electron chi connectivity index (χ1n) is 6.67. The molecule has 1 N–H and O–H groups in total. The second kappa shape index (κ2) is 6.92. The number of hydrogen-bond acceptors (Lipinski definition) is 5. The van der Waals surface area contributed by atoms with E-state index in [4.69, 9.17) is 4.74 Å². The lowest BCUT2D eigenvalue weighted by molar-refractivity contribution is -0.131. The SMILES string of the molecule is COc1cc(NCCC(=O)N2CCCCC2)ncn1. The maximum absolute atomic E-state index is 11.9. The minimum atomic E-state index is 0.216. The van der Waals surface area contributed by atoms with Gasteiger partial charge in [0.25, 0.3) is 0 Å². The van der Waals surface area contributed by atoms with Crippen LogP contribution in [0.3, 0.4) is 0 Å². The van der Waals surface area contributed by atoms with E-state index in [0.717, 1.165) is 25.9 Å². The van der Waals surface area contributed by atoms with Crippen molar-refractivity contribution >= 4 is 11.7 Å². The molecule has 1 saturated heterocycles. The van der Waals surface area contributed by atoms with Crippen LogP contribution in [-0.4, -0.2) is 47.5 Å². The summed E-state index contributed by atoms with van der Waals surface area (Å²) in [6, 6.07) is 1.71. The zero-order valence-electron chi connectivity index (χ0n) is 11.3. The molecule has 6 nitrogen and oxygen atoms in total. The lowest BCUT2D eigenvalue weighted by Crippen LogP contribution is -2.36. The molecule has 2 rings (SSSR count). The third-order valence-electron chi connectivity index (χ3n) is 3.20. The highest BCUT2D eigenvalue weighted by Crippen LogP contribution is 2.11. The van der Waals surface area contributed by atoms with Gasteiger partial charge in [0.05, 0.1) is 7.11 Å². The number of hydrogen-bond donors (Lipinski definition) is 1. The van der Waals surface area contributed by atoms with Crippen molar-refractivity contribution in [3.63, 3.8) is 0 Å². The summed E-state index contributed by atoms with van der Waals surface area (Å²) >= 11 is 0. The number of amides is 1. The molecule has 0 aliphatic carbocycles. The van der Waals surface area contributed by atoms with Crippen LogP contribution in [0, 0.1) is 0 Å². The minimum absolute atomic E-state index is 0.216. The smallest absolute Gasteiger partial charge is 0.224 e. The molecule has 2 heterocycles. The number of rotatable bonds is 5. The highest BCUT2D eigenvalue weighted by atomic mass is 16.5. The second-order valence-corrected chi connectivity index (χ2v) is 4.56. The third kappa shape index (κ3) is 4.08. The number of carbonyl (C=O) groups excluding carboxylic acids is 1. The predicted molar refractivity (Wildman–Crippen MR) is 72.1 cm³/mol. The summed E-state index contributed by atoms with van der Waals surface area (Å²) in [6.45, 7) is 2.38. The molecule has 0 radical (unpaired) electrons. The Labute approximate surface area is 113 Å². The highest BCUT2D eigenvalue weighted by Gasteiger charge is 2.15. The van der Waals surface area contributed by atoms with E-state index in [-0.39, 0.29) is 5.91 Å². The fraction of sp³-hybridized carbons (Fsp3) is 0.615. The van der Waals surface area contributed by atoms with E-state index in [1.54, 1.807) is 13.2 Å². The molecule has 0 bridgehead atoms. The zero-order valence-corrected chi connectivity index (χ0v) is 11.3. The van der Waals surface area contributed by atoms with Crippen molar-refractivity contribution in [2.24, 2.45) is 0 Å². The van der Waals surface area contributed by atoms with E-state index in [9.17, 15) is 4.79 Å². The van der Waals surface area contributed by atoms with E-state index in [2.05, 4.69) is 15.3 Å². The summed E-state index contributed by atoms with van der Waals surface area (Å²) in [7, 11) is 1.56. The summed E-state index contributed by atoms with van der Waals surface area (Å²) < 4.78 is 5.01. The molecule has 0 unspecified atom stereocenters. The van der Waals surface area contributed by atoms with E-state index in [0.29, 0.717) is 24.7 Å². The van der Waals surface area contributed by atoms with Crippen molar-refractivity contribution in [3.8, 4) is 5.88 Å². The van der Waals surface area contributed by atoms with Gasteiger partial charge in [0.2, 0.25) is 11.8 Å². The van der Waals surface area contributed by atoms with E-state index in [1.807, 2.05) is 4.90 Å².